The predicted octanol–water partition coefficient (Wildman–Crippen LogP) is -2.67. The third kappa shape index (κ3) is 2.58. The summed E-state index contributed by atoms with van der Waals surface area (Å²) in [6.45, 7) is -0.611. The van der Waals surface area contributed by atoms with Gasteiger partial charge in [-0.2, -0.15) is 0 Å². The molecule has 3 N–H and O–H groups in total. The van der Waals surface area contributed by atoms with Crippen LogP contribution in [-0.4, -0.2) is 52.6 Å². The molecule has 1 fully saturated rings. The van der Waals surface area contributed by atoms with Crippen LogP contribution in [-0.2, 0) is 14.7 Å². The minimum absolute atomic E-state index is 0.611. The van der Waals surface area contributed by atoms with Gasteiger partial charge in [0.2, 0.25) is 0 Å². The summed E-state index contributed by atoms with van der Waals surface area (Å²) in [5, 5.41) is 43.8. The molecular formula is C6H10N3O7-. The maximum atomic E-state index is 9.84. The Labute approximate surface area is 89.1 Å². The first kappa shape index (κ1) is 13.1. The molecular weight excluding hydrogens is 226 g/mol. The van der Waals surface area contributed by atoms with Crippen LogP contribution in [0, 0.1) is 0 Å². The summed E-state index contributed by atoms with van der Waals surface area (Å²) < 4.78 is 4.74. The molecule has 1 aliphatic heterocycles. The largest absolute Gasteiger partial charge is 0.692 e. The zero-order valence-corrected chi connectivity index (χ0v) is 7.91. The molecule has 0 bridgehead atoms. The summed E-state index contributed by atoms with van der Waals surface area (Å²) in [5.41, 5.74) is 8.22. The Morgan fingerprint density at radius 1 is 1.50 bits per heavy atom. The molecule has 0 amide bonds. The Kier molecular flexibility index (Phi) is 4.86. The highest BCUT2D eigenvalue weighted by molar-refractivity contribution is 4.93. The topological polar surface area (TPSA) is 160 Å². The first-order chi connectivity index (χ1) is 7.65. The molecule has 1 rings (SSSR count). The number of hydrogen-bond donors (Lipinski definition) is 3. The summed E-state index contributed by atoms with van der Waals surface area (Å²) >= 11 is 0. The standard InChI is InChI=1S/C6H11N3O7/c7-9-8-3-5(15-16-13)4(11)2(1-10)14-6(3)12/h2-6,10-13H,1H2/p-1/t2?,3?,4-,5-,6-/m1/s1. The van der Waals surface area contributed by atoms with E-state index in [9.17, 15) is 15.5 Å². The van der Waals surface area contributed by atoms with Crippen molar-refractivity contribution in [3.8, 4) is 0 Å². The van der Waals surface area contributed by atoms with E-state index in [1.165, 1.54) is 0 Å². The van der Waals surface area contributed by atoms with Gasteiger partial charge in [0.15, 0.2) is 6.29 Å². The van der Waals surface area contributed by atoms with Crippen molar-refractivity contribution in [3.63, 3.8) is 0 Å². The van der Waals surface area contributed by atoms with Gasteiger partial charge in [0.05, 0.1) is 6.61 Å². The van der Waals surface area contributed by atoms with Crippen molar-refractivity contribution in [2.45, 2.75) is 30.6 Å². The Morgan fingerprint density at radius 2 is 2.19 bits per heavy atom. The van der Waals surface area contributed by atoms with E-state index in [1.54, 1.807) is 0 Å². The lowest BCUT2D eigenvalue weighted by atomic mass is 9.98. The zero-order valence-electron chi connectivity index (χ0n) is 7.91. The van der Waals surface area contributed by atoms with Gasteiger partial charge in [-0.1, -0.05) is 5.11 Å². The first-order valence-corrected chi connectivity index (χ1v) is 4.27. The Balaban J connectivity index is 2.86. The third-order valence-electron chi connectivity index (χ3n) is 2.18. The van der Waals surface area contributed by atoms with E-state index in [4.69, 9.17) is 15.4 Å². The van der Waals surface area contributed by atoms with Crippen LogP contribution in [0.4, 0.5) is 0 Å². The number of aliphatic hydroxyl groups excluding tert-OH is 3. The number of rotatable bonds is 4. The SMILES string of the molecule is [N-]=[N+]=NC1[C@H](O)OC(CO)[C@@H](O)[C@@H]1OO[O-]. The van der Waals surface area contributed by atoms with E-state index >= 15 is 0 Å². The van der Waals surface area contributed by atoms with Gasteiger partial charge in [0, 0.05) is 4.91 Å². The van der Waals surface area contributed by atoms with Crippen LogP contribution in [0.1, 0.15) is 0 Å². The predicted molar refractivity (Wildman–Crippen MR) is 42.9 cm³/mol. The van der Waals surface area contributed by atoms with Crippen LogP contribution in [0.25, 0.3) is 10.4 Å². The molecule has 0 aromatic rings. The lowest BCUT2D eigenvalue weighted by molar-refractivity contribution is -0.807. The molecule has 10 nitrogen and oxygen atoms in total. The van der Waals surface area contributed by atoms with Crippen molar-refractivity contribution in [2.75, 3.05) is 6.61 Å². The van der Waals surface area contributed by atoms with E-state index in [2.05, 4.69) is 20.0 Å². The molecule has 0 aliphatic carbocycles. The summed E-state index contributed by atoms with van der Waals surface area (Å²) in [5.74, 6) is 0. The molecule has 10 heteroatoms. The lowest BCUT2D eigenvalue weighted by Crippen LogP contribution is -2.58. The van der Waals surface area contributed by atoms with Crippen LogP contribution < -0.4 is 5.26 Å². The van der Waals surface area contributed by atoms with E-state index in [0.29, 0.717) is 0 Å². The maximum Gasteiger partial charge on any atom is 0.166 e. The molecule has 1 saturated heterocycles. The Morgan fingerprint density at radius 3 is 2.69 bits per heavy atom. The average molecular weight is 236 g/mol. The van der Waals surface area contributed by atoms with E-state index < -0.39 is 37.3 Å². The van der Waals surface area contributed by atoms with Crippen molar-refractivity contribution in [3.05, 3.63) is 10.4 Å². The third-order valence-corrected chi connectivity index (χ3v) is 2.18. The molecule has 0 spiro atoms. The highest BCUT2D eigenvalue weighted by atomic mass is 17.5. The summed E-state index contributed by atoms with van der Waals surface area (Å²) in [6.07, 6.45) is -5.68. The van der Waals surface area contributed by atoms with Crippen LogP contribution >= 0.6 is 0 Å². The number of azide groups is 1. The molecule has 1 heterocycles. The number of hydrogen-bond acceptors (Lipinski definition) is 8. The molecule has 0 aromatic heterocycles. The molecule has 0 aromatic carbocycles. The minimum Gasteiger partial charge on any atom is -0.692 e. The monoisotopic (exact) mass is 236 g/mol. The van der Waals surface area contributed by atoms with Gasteiger partial charge < -0.3 is 25.3 Å². The van der Waals surface area contributed by atoms with E-state index in [1.807, 2.05) is 0 Å². The summed E-state index contributed by atoms with van der Waals surface area (Å²) in [6, 6.07) is -1.35. The highest BCUT2D eigenvalue weighted by Crippen LogP contribution is 2.24. The second-order valence-electron chi connectivity index (χ2n) is 3.06. The van der Waals surface area contributed by atoms with Crippen LogP contribution in [0.2, 0.25) is 0 Å². The van der Waals surface area contributed by atoms with Crippen molar-refractivity contribution in [1.82, 2.24) is 0 Å². The maximum absolute atomic E-state index is 9.84. The fourth-order valence-electron chi connectivity index (χ4n) is 1.41. The van der Waals surface area contributed by atoms with Gasteiger partial charge in [-0.15, -0.1) is 0 Å². The molecule has 0 saturated carbocycles. The van der Waals surface area contributed by atoms with Crippen molar-refractivity contribution in [2.24, 2.45) is 5.11 Å². The fraction of sp³-hybridized carbons (Fsp3) is 1.00. The van der Waals surface area contributed by atoms with Gasteiger partial charge >= 0.3 is 0 Å². The summed E-state index contributed by atoms with van der Waals surface area (Å²) in [7, 11) is 0. The molecule has 1 aliphatic rings. The number of aliphatic hydroxyl groups is 3. The minimum atomic E-state index is -1.61. The van der Waals surface area contributed by atoms with Crippen molar-refractivity contribution < 1.29 is 35.2 Å². The van der Waals surface area contributed by atoms with E-state index in [0.717, 1.165) is 0 Å². The quantitative estimate of drug-likeness (QED) is 0.157. The highest BCUT2D eigenvalue weighted by Gasteiger charge is 2.45. The van der Waals surface area contributed by atoms with Crippen LogP contribution in [0.5, 0.6) is 0 Å². The number of nitrogens with zero attached hydrogens (tertiary/aromatic N) is 3. The van der Waals surface area contributed by atoms with Crippen molar-refractivity contribution in [1.29, 1.82) is 0 Å². The van der Waals surface area contributed by atoms with E-state index in [-0.39, 0.29) is 0 Å². The number of ether oxygens (including phenoxy) is 1. The smallest absolute Gasteiger partial charge is 0.166 e. The molecule has 5 atom stereocenters. The molecule has 0 radical (unpaired) electrons. The molecule has 92 valence electrons. The lowest BCUT2D eigenvalue weighted by Gasteiger charge is -2.39. The van der Waals surface area contributed by atoms with Crippen molar-refractivity contribution >= 4 is 0 Å². The second kappa shape index (κ2) is 5.94. The van der Waals surface area contributed by atoms with Gasteiger partial charge in [0.25, 0.3) is 0 Å². The van der Waals surface area contributed by atoms with Crippen LogP contribution in [0.15, 0.2) is 5.11 Å². The van der Waals surface area contributed by atoms with Gasteiger partial charge in [-0.25, -0.2) is 4.89 Å². The van der Waals surface area contributed by atoms with Gasteiger partial charge in [-0.3, -0.25) is 5.04 Å². The Bertz CT molecular complexity index is 271. The first-order valence-electron chi connectivity index (χ1n) is 4.27. The van der Waals surface area contributed by atoms with Gasteiger partial charge in [0.1, 0.15) is 24.4 Å². The van der Waals surface area contributed by atoms with Crippen LogP contribution in [0.3, 0.4) is 0 Å². The normalized spacial score (nSPS) is 39.1. The average Bonchev–Trinajstić information content (AvgIpc) is 2.28. The zero-order chi connectivity index (χ0) is 12.1. The molecule has 16 heavy (non-hydrogen) atoms. The fourth-order valence-corrected chi connectivity index (χ4v) is 1.41. The Hall–Kier alpha value is -0.970. The van der Waals surface area contributed by atoms with Gasteiger partial charge in [-0.05, 0) is 5.53 Å². The summed E-state index contributed by atoms with van der Waals surface area (Å²) in [4.78, 5) is 6.54. The second-order valence-corrected chi connectivity index (χ2v) is 3.06. The molecule has 2 unspecified atom stereocenters.